The molecule has 2 fully saturated rings. The molecule has 0 atom stereocenters. The van der Waals surface area contributed by atoms with Crippen molar-refractivity contribution in [3.63, 3.8) is 0 Å². The number of nitrogens with one attached hydrogen (secondary N) is 1. The topological polar surface area (TPSA) is 147 Å². The van der Waals surface area contributed by atoms with E-state index in [-0.39, 0.29) is 29.0 Å². The standard InChI is InChI=1S/C22H23N5O2.C7H5N3O2/c28-20(18-15-24-27-13-4-12-23-19(18)27)25-16-7-9-22(10-8-16)11-14-26(21(22)29)17-5-2-1-3-6-17;11-7(12)5-4-8-6-2-1-3-9-10(5)6/h1-6,12-13,15-16H,7-11,14H2,(H,25,28);1-4H,(H,11,12)/t16-,22-;. The molecule has 2 aliphatic rings. The van der Waals surface area contributed by atoms with E-state index in [1.54, 1.807) is 41.3 Å². The van der Waals surface area contributed by atoms with Gasteiger partial charge in [-0.3, -0.25) is 9.59 Å². The summed E-state index contributed by atoms with van der Waals surface area (Å²) in [6.07, 6.45) is 11.9. The van der Waals surface area contributed by atoms with Gasteiger partial charge in [0.05, 0.1) is 17.8 Å². The Hall–Kier alpha value is -5.13. The monoisotopic (exact) mass is 552 g/mol. The lowest BCUT2D eigenvalue weighted by molar-refractivity contribution is -0.127. The quantitative estimate of drug-likeness (QED) is 0.345. The lowest BCUT2D eigenvalue weighted by atomic mass is 9.71. The molecule has 4 aromatic heterocycles. The van der Waals surface area contributed by atoms with Crippen molar-refractivity contribution < 1.29 is 19.5 Å². The van der Waals surface area contributed by atoms with E-state index in [1.807, 2.05) is 35.2 Å². The Morgan fingerprint density at radius 2 is 1.73 bits per heavy atom. The number of benzene rings is 1. The number of aromatic nitrogens is 6. The third-order valence-electron chi connectivity index (χ3n) is 7.88. The van der Waals surface area contributed by atoms with Crippen LogP contribution in [-0.2, 0) is 4.79 Å². The van der Waals surface area contributed by atoms with Gasteiger partial charge in [0.1, 0.15) is 5.56 Å². The van der Waals surface area contributed by atoms with Crippen molar-refractivity contribution in [2.75, 3.05) is 11.4 Å². The lowest BCUT2D eigenvalue weighted by Gasteiger charge is -2.36. The third kappa shape index (κ3) is 4.99. The maximum atomic E-state index is 13.2. The van der Waals surface area contributed by atoms with E-state index >= 15 is 0 Å². The van der Waals surface area contributed by atoms with Gasteiger partial charge in [-0.25, -0.2) is 23.8 Å². The van der Waals surface area contributed by atoms with Crippen molar-refractivity contribution in [1.29, 1.82) is 0 Å². The number of hydrogen-bond acceptors (Lipinski definition) is 7. The van der Waals surface area contributed by atoms with E-state index in [4.69, 9.17) is 5.11 Å². The van der Waals surface area contributed by atoms with Crippen molar-refractivity contribution in [2.24, 2.45) is 5.41 Å². The van der Waals surface area contributed by atoms with Gasteiger partial charge < -0.3 is 15.3 Å². The van der Waals surface area contributed by atoms with E-state index in [2.05, 4.69) is 25.5 Å². The van der Waals surface area contributed by atoms with Crippen LogP contribution >= 0.6 is 0 Å². The minimum Gasteiger partial charge on any atom is -0.476 e. The summed E-state index contributed by atoms with van der Waals surface area (Å²) in [6, 6.07) is 15.1. The number of carbonyl (C=O) groups excluding carboxylic acids is 2. The molecule has 1 saturated carbocycles. The first kappa shape index (κ1) is 26.1. The van der Waals surface area contributed by atoms with Crippen molar-refractivity contribution >= 4 is 34.8 Å². The summed E-state index contributed by atoms with van der Waals surface area (Å²) in [7, 11) is 0. The Morgan fingerprint density at radius 1 is 0.927 bits per heavy atom. The zero-order chi connectivity index (χ0) is 28.4. The van der Waals surface area contributed by atoms with E-state index in [1.165, 1.54) is 16.9 Å². The zero-order valence-electron chi connectivity index (χ0n) is 22.1. The van der Waals surface area contributed by atoms with Crippen molar-refractivity contribution in [3.8, 4) is 0 Å². The molecule has 5 aromatic rings. The minimum atomic E-state index is -1.03. The second kappa shape index (κ2) is 10.8. The lowest BCUT2D eigenvalue weighted by Crippen LogP contribution is -2.43. The summed E-state index contributed by atoms with van der Waals surface area (Å²) >= 11 is 0. The number of fused-ring (bicyclic) bond motifs is 2. The fourth-order valence-electron chi connectivity index (χ4n) is 5.68. The molecule has 0 bridgehead atoms. The number of anilines is 1. The molecule has 0 unspecified atom stereocenters. The Balaban J connectivity index is 0.000000210. The molecule has 2 amide bonds. The highest BCUT2D eigenvalue weighted by atomic mass is 16.4. The number of carboxylic acid groups (broad SMARTS) is 1. The Kier molecular flexibility index (Phi) is 6.88. The molecule has 1 saturated heterocycles. The molecule has 1 spiro atoms. The molecular weight excluding hydrogens is 524 g/mol. The third-order valence-corrected chi connectivity index (χ3v) is 7.88. The number of hydrogen-bond donors (Lipinski definition) is 2. The predicted molar refractivity (Wildman–Crippen MR) is 149 cm³/mol. The van der Waals surface area contributed by atoms with Crippen LogP contribution in [0.4, 0.5) is 5.69 Å². The number of para-hydroxylation sites is 1. The van der Waals surface area contributed by atoms with Gasteiger partial charge in [-0.2, -0.15) is 10.2 Å². The number of amides is 2. The Labute approximate surface area is 234 Å². The van der Waals surface area contributed by atoms with E-state index in [0.717, 1.165) is 44.3 Å². The molecule has 41 heavy (non-hydrogen) atoms. The van der Waals surface area contributed by atoms with Crippen LogP contribution in [0.2, 0.25) is 0 Å². The first-order chi connectivity index (χ1) is 19.9. The number of carboxylic acids is 1. The van der Waals surface area contributed by atoms with Crippen LogP contribution in [0, 0.1) is 5.41 Å². The van der Waals surface area contributed by atoms with Gasteiger partial charge in [-0.15, -0.1) is 0 Å². The molecule has 12 nitrogen and oxygen atoms in total. The van der Waals surface area contributed by atoms with Gasteiger partial charge in [-0.1, -0.05) is 18.2 Å². The fourth-order valence-corrected chi connectivity index (χ4v) is 5.68. The summed E-state index contributed by atoms with van der Waals surface area (Å²) < 4.78 is 2.88. The normalized spacial score (nSPS) is 20.2. The zero-order valence-corrected chi connectivity index (χ0v) is 22.1. The summed E-state index contributed by atoms with van der Waals surface area (Å²) in [6.45, 7) is 0.772. The predicted octanol–water partition coefficient (Wildman–Crippen LogP) is 3.25. The molecule has 1 aliphatic carbocycles. The van der Waals surface area contributed by atoms with Crippen molar-refractivity contribution in [1.82, 2.24) is 34.5 Å². The molecule has 1 aromatic carbocycles. The average molecular weight is 553 g/mol. The maximum Gasteiger partial charge on any atom is 0.356 e. The molecule has 12 heteroatoms. The van der Waals surface area contributed by atoms with Crippen LogP contribution in [0.25, 0.3) is 11.3 Å². The van der Waals surface area contributed by atoms with Gasteiger partial charge in [0, 0.05) is 36.9 Å². The first-order valence-electron chi connectivity index (χ1n) is 13.4. The largest absolute Gasteiger partial charge is 0.476 e. The number of imidazole rings is 1. The van der Waals surface area contributed by atoms with Gasteiger partial charge in [-0.05, 0) is 62.4 Å². The van der Waals surface area contributed by atoms with Gasteiger partial charge in [0.2, 0.25) is 5.91 Å². The molecule has 7 rings (SSSR count). The highest BCUT2D eigenvalue weighted by Crippen LogP contribution is 2.46. The van der Waals surface area contributed by atoms with E-state index < -0.39 is 5.97 Å². The molecule has 2 N–H and O–H groups in total. The summed E-state index contributed by atoms with van der Waals surface area (Å²) in [5.74, 6) is -0.940. The minimum absolute atomic E-state index is 0.0744. The van der Waals surface area contributed by atoms with E-state index in [0.29, 0.717) is 16.9 Å². The second-order valence-corrected chi connectivity index (χ2v) is 10.3. The highest BCUT2D eigenvalue weighted by Gasteiger charge is 2.48. The number of aromatic carboxylic acids is 1. The van der Waals surface area contributed by atoms with Gasteiger partial charge in [0.15, 0.2) is 17.0 Å². The van der Waals surface area contributed by atoms with Crippen LogP contribution in [0.5, 0.6) is 0 Å². The van der Waals surface area contributed by atoms with Crippen molar-refractivity contribution in [3.05, 3.63) is 90.8 Å². The summed E-state index contributed by atoms with van der Waals surface area (Å²) in [5, 5.41) is 19.8. The highest BCUT2D eigenvalue weighted by molar-refractivity contribution is 6.01. The maximum absolute atomic E-state index is 13.2. The second-order valence-electron chi connectivity index (χ2n) is 10.3. The van der Waals surface area contributed by atoms with Gasteiger partial charge in [0.25, 0.3) is 5.91 Å². The molecule has 0 radical (unpaired) electrons. The first-order valence-corrected chi connectivity index (χ1v) is 13.4. The van der Waals surface area contributed by atoms with Crippen LogP contribution in [0.1, 0.15) is 53.0 Å². The fraction of sp³-hybridized carbons (Fsp3) is 0.276. The summed E-state index contributed by atoms with van der Waals surface area (Å²) in [4.78, 5) is 46.5. The number of carbonyl (C=O) groups is 3. The summed E-state index contributed by atoms with van der Waals surface area (Å²) in [5.41, 5.74) is 2.36. The molecule has 5 heterocycles. The smallest absolute Gasteiger partial charge is 0.356 e. The van der Waals surface area contributed by atoms with Crippen LogP contribution in [-0.4, -0.2) is 64.7 Å². The van der Waals surface area contributed by atoms with Crippen LogP contribution < -0.4 is 10.2 Å². The molecular formula is C29H28N8O4. The number of rotatable bonds is 4. The Bertz CT molecular complexity index is 1720. The molecule has 1 aliphatic heterocycles. The average Bonchev–Trinajstić information content (AvgIpc) is 3.71. The van der Waals surface area contributed by atoms with E-state index in [9.17, 15) is 14.4 Å². The van der Waals surface area contributed by atoms with Gasteiger partial charge >= 0.3 is 5.97 Å². The SMILES string of the molecule is O=C(N[C@H]1CC[C@@]2(CCN(c3ccccc3)C2=O)CC1)c1cnn2cccnc12.O=C(O)c1cnc2cccnn12. The Morgan fingerprint density at radius 3 is 2.51 bits per heavy atom. The van der Waals surface area contributed by atoms with Crippen LogP contribution in [0.3, 0.4) is 0 Å². The molecule has 208 valence electrons. The van der Waals surface area contributed by atoms with Crippen molar-refractivity contribution in [2.45, 2.75) is 38.1 Å². The van der Waals surface area contributed by atoms with Crippen LogP contribution in [0.15, 0.2) is 79.5 Å². The number of nitrogens with zero attached hydrogens (tertiary/aromatic N) is 7.